The monoisotopic (exact) mass is 134 g/mol. The molecule has 0 saturated carbocycles. The van der Waals surface area contributed by atoms with Crippen molar-refractivity contribution in [3.63, 3.8) is 0 Å². The van der Waals surface area contributed by atoms with Gasteiger partial charge in [0.15, 0.2) is 0 Å². The highest BCUT2D eigenvalue weighted by atomic mass is 16.3. The Morgan fingerprint density at radius 2 is 1.89 bits per heavy atom. The van der Waals surface area contributed by atoms with E-state index in [1.807, 2.05) is 0 Å². The van der Waals surface area contributed by atoms with Crippen LogP contribution in [-0.2, 0) is 0 Å². The molecule has 0 rings (SSSR count). The van der Waals surface area contributed by atoms with Gasteiger partial charge < -0.3 is 15.5 Å². The molecule has 0 aromatic carbocycles. The number of likely N-dealkylation sites (N-methyl/N-ethyl adjacent to an activating group) is 2. The van der Waals surface area contributed by atoms with Crippen molar-refractivity contribution in [3.05, 3.63) is 0 Å². The van der Waals surface area contributed by atoms with Crippen LogP contribution in [0.15, 0.2) is 0 Å². The first-order valence-corrected chi connectivity index (χ1v) is 2.90. The molecule has 0 aromatic heterocycles. The average Bonchev–Trinajstić information content (AvgIpc) is 1.87. The number of hydrogen-bond acceptors (Lipinski definition) is 4. The number of rotatable bonds is 4. The normalized spacial score (nSPS) is 17.3. The Hall–Kier alpha value is -0.160. The van der Waals surface area contributed by atoms with Crippen LogP contribution in [0.5, 0.6) is 0 Å². The van der Waals surface area contributed by atoms with Crippen molar-refractivity contribution >= 4 is 0 Å². The van der Waals surface area contributed by atoms with Crippen molar-refractivity contribution < 1.29 is 10.2 Å². The molecule has 0 fully saturated rings. The Balaban J connectivity index is 3.32. The van der Waals surface area contributed by atoms with Crippen molar-refractivity contribution in [3.8, 4) is 0 Å². The quantitative estimate of drug-likeness (QED) is 0.339. The Morgan fingerprint density at radius 1 is 1.33 bits per heavy atom. The van der Waals surface area contributed by atoms with Crippen LogP contribution >= 0.6 is 0 Å². The second kappa shape index (κ2) is 4.69. The molecule has 0 aromatic rings. The van der Waals surface area contributed by atoms with Crippen molar-refractivity contribution in [2.45, 2.75) is 12.3 Å². The number of aliphatic hydroxyl groups excluding tert-OH is 2. The molecule has 2 atom stereocenters. The fraction of sp³-hybridized carbons (Fsp3) is 1.00. The molecule has 4 N–H and O–H groups in total. The molecule has 0 aliphatic rings. The SMILES string of the molecule is CNCC(O)C(O)NC. The number of hydrogen-bond donors (Lipinski definition) is 4. The summed E-state index contributed by atoms with van der Waals surface area (Å²) >= 11 is 0. The van der Waals surface area contributed by atoms with Crippen LogP contribution in [0.4, 0.5) is 0 Å². The van der Waals surface area contributed by atoms with E-state index < -0.39 is 12.3 Å². The lowest BCUT2D eigenvalue weighted by atomic mass is 10.3. The molecule has 0 spiro atoms. The summed E-state index contributed by atoms with van der Waals surface area (Å²) in [5.74, 6) is 0. The van der Waals surface area contributed by atoms with Gasteiger partial charge in [-0.15, -0.1) is 0 Å². The van der Waals surface area contributed by atoms with Crippen molar-refractivity contribution in [2.24, 2.45) is 0 Å². The van der Waals surface area contributed by atoms with Gasteiger partial charge in [-0.3, -0.25) is 5.32 Å². The first-order valence-electron chi connectivity index (χ1n) is 2.90. The molecule has 4 heteroatoms. The molecule has 0 saturated heterocycles. The van der Waals surface area contributed by atoms with E-state index in [2.05, 4.69) is 10.6 Å². The van der Waals surface area contributed by atoms with Crippen LogP contribution in [0.1, 0.15) is 0 Å². The lowest BCUT2D eigenvalue weighted by Crippen LogP contribution is -2.42. The predicted molar refractivity (Wildman–Crippen MR) is 35.0 cm³/mol. The Kier molecular flexibility index (Phi) is 4.61. The standard InChI is InChI=1S/C5H14N2O2/c1-6-3-4(8)5(9)7-2/h4-9H,3H2,1-2H3. The molecule has 56 valence electrons. The third-order valence-corrected chi connectivity index (χ3v) is 1.07. The van der Waals surface area contributed by atoms with Crippen molar-refractivity contribution in [1.29, 1.82) is 0 Å². The fourth-order valence-corrected chi connectivity index (χ4v) is 0.513. The van der Waals surface area contributed by atoms with Gasteiger partial charge in [-0.2, -0.15) is 0 Å². The van der Waals surface area contributed by atoms with Crippen LogP contribution in [0.2, 0.25) is 0 Å². The molecular formula is C5H14N2O2. The summed E-state index contributed by atoms with van der Waals surface area (Å²) in [4.78, 5) is 0. The average molecular weight is 134 g/mol. The van der Waals surface area contributed by atoms with Gasteiger partial charge in [-0.25, -0.2) is 0 Å². The van der Waals surface area contributed by atoms with Gasteiger partial charge in [-0.1, -0.05) is 0 Å². The summed E-state index contributed by atoms with van der Waals surface area (Å²) in [6.45, 7) is 0.391. The van der Waals surface area contributed by atoms with Gasteiger partial charge in [-0.05, 0) is 14.1 Å². The second-order valence-corrected chi connectivity index (χ2v) is 1.86. The maximum absolute atomic E-state index is 8.94. The minimum Gasteiger partial charge on any atom is -0.388 e. The molecule has 0 aliphatic carbocycles. The molecule has 0 heterocycles. The minimum atomic E-state index is -0.836. The second-order valence-electron chi connectivity index (χ2n) is 1.86. The van der Waals surface area contributed by atoms with E-state index in [0.29, 0.717) is 6.54 Å². The Bertz CT molecular complexity index is 70.0. The zero-order valence-corrected chi connectivity index (χ0v) is 5.76. The van der Waals surface area contributed by atoms with Crippen LogP contribution in [0.25, 0.3) is 0 Å². The zero-order chi connectivity index (χ0) is 7.28. The van der Waals surface area contributed by atoms with Crippen LogP contribution in [0.3, 0.4) is 0 Å². The van der Waals surface area contributed by atoms with Crippen LogP contribution < -0.4 is 10.6 Å². The summed E-state index contributed by atoms with van der Waals surface area (Å²) in [7, 11) is 3.30. The Morgan fingerprint density at radius 3 is 2.22 bits per heavy atom. The maximum atomic E-state index is 8.94. The van der Waals surface area contributed by atoms with Crippen molar-refractivity contribution in [2.75, 3.05) is 20.6 Å². The summed E-state index contributed by atoms with van der Waals surface area (Å²) < 4.78 is 0. The molecule has 9 heavy (non-hydrogen) atoms. The van der Waals surface area contributed by atoms with Gasteiger partial charge in [0, 0.05) is 6.54 Å². The summed E-state index contributed by atoms with van der Waals surface area (Å²) in [6.07, 6.45) is -1.57. The molecule has 0 bridgehead atoms. The highest BCUT2D eigenvalue weighted by Crippen LogP contribution is 1.84. The van der Waals surface area contributed by atoms with E-state index in [-0.39, 0.29) is 0 Å². The topological polar surface area (TPSA) is 64.5 Å². The first kappa shape index (κ1) is 8.84. The summed E-state index contributed by atoms with van der Waals surface area (Å²) in [5.41, 5.74) is 0. The van der Waals surface area contributed by atoms with E-state index in [4.69, 9.17) is 10.2 Å². The van der Waals surface area contributed by atoms with E-state index in [0.717, 1.165) is 0 Å². The smallest absolute Gasteiger partial charge is 0.132 e. The Labute approximate surface area is 54.9 Å². The zero-order valence-electron chi connectivity index (χ0n) is 5.76. The molecule has 4 nitrogen and oxygen atoms in total. The highest BCUT2D eigenvalue weighted by Gasteiger charge is 2.11. The lowest BCUT2D eigenvalue weighted by molar-refractivity contribution is 0.00511. The molecule has 0 aliphatic heterocycles. The molecule has 0 radical (unpaired) electrons. The third-order valence-electron chi connectivity index (χ3n) is 1.07. The van der Waals surface area contributed by atoms with Crippen molar-refractivity contribution in [1.82, 2.24) is 10.6 Å². The number of nitrogens with one attached hydrogen (secondary N) is 2. The van der Waals surface area contributed by atoms with Gasteiger partial charge >= 0.3 is 0 Å². The van der Waals surface area contributed by atoms with E-state index in [9.17, 15) is 0 Å². The summed E-state index contributed by atoms with van der Waals surface area (Å²) in [5, 5.41) is 23.0. The van der Waals surface area contributed by atoms with E-state index >= 15 is 0 Å². The molecular weight excluding hydrogens is 120 g/mol. The van der Waals surface area contributed by atoms with Crippen LogP contribution in [-0.4, -0.2) is 43.2 Å². The molecule has 0 amide bonds. The van der Waals surface area contributed by atoms with Gasteiger partial charge in [0.25, 0.3) is 0 Å². The first-order chi connectivity index (χ1) is 4.22. The van der Waals surface area contributed by atoms with Gasteiger partial charge in [0.1, 0.15) is 12.3 Å². The van der Waals surface area contributed by atoms with Gasteiger partial charge in [0.05, 0.1) is 0 Å². The van der Waals surface area contributed by atoms with Gasteiger partial charge in [0.2, 0.25) is 0 Å². The maximum Gasteiger partial charge on any atom is 0.132 e. The highest BCUT2D eigenvalue weighted by molar-refractivity contribution is 4.63. The fourth-order valence-electron chi connectivity index (χ4n) is 0.513. The summed E-state index contributed by atoms with van der Waals surface area (Å²) in [6, 6.07) is 0. The minimum absolute atomic E-state index is 0.391. The van der Waals surface area contributed by atoms with Crippen LogP contribution in [0, 0.1) is 0 Å². The number of aliphatic hydroxyl groups is 2. The lowest BCUT2D eigenvalue weighted by Gasteiger charge is -2.15. The van der Waals surface area contributed by atoms with E-state index in [1.54, 1.807) is 14.1 Å². The molecule has 2 unspecified atom stereocenters. The third kappa shape index (κ3) is 3.42. The van der Waals surface area contributed by atoms with E-state index in [1.165, 1.54) is 0 Å². The predicted octanol–water partition coefficient (Wildman–Crippen LogP) is -1.90. The largest absolute Gasteiger partial charge is 0.388 e.